The Morgan fingerprint density at radius 2 is 1.57 bits per heavy atom. The minimum Gasteiger partial charge on any atom is -0.383 e. The van der Waals surface area contributed by atoms with Crippen molar-refractivity contribution < 1.29 is 13.5 Å². The maximum atomic E-state index is 13.0. The molecular formula is C21H25NO3S3. The van der Waals surface area contributed by atoms with Crippen LogP contribution in [0.2, 0.25) is 0 Å². The van der Waals surface area contributed by atoms with Gasteiger partial charge < -0.3 is 5.11 Å². The van der Waals surface area contributed by atoms with E-state index in [1.54, 1.807) is 0 Å². The first-order valence-corrected chi connectivity index (χ1v) is 12.2. The Morgan fingerprint density at radius 1 is 0.964 bits per heavy atom. The number of nitrogens with one attached hydrogen (secondary N) is 1. The lowest BCUT2D eigenvalue weighted by molar-refractivity contribution is 0.224. The fraction of sp³-hybridized carbons (Fsp3) is 0.333. The lowest BCUT2D eigenvalue weighted by atomic mass is 9.95. The molecule has 0 aliphatic carbocycles. The van der Waals surface area contributed by atoms with E-state index in [1.807, 2.05) is 63.6 Å². The largest absolute Gasteiger partial charge is 0.383 e. The Labute approximate surface area is 174 Å². The van der Waals surface area contributed by atoms with Gasteiger partial charge in [-0.15, -0.1) is 11.3 Å². The average molecular weight is 436 g/mol. The predicted octanol–water partition coefficient (Wildman–Crippen LogP) is 4.91. The lowest BCUT2D eigenvalue weighted by Crippen LogP contribution is -2.25. The molecule has 1 aromatic carbocycles. The molecular weight excluding hydrogens is 410 g/mol. The summed E-state index contributed by atoms with van der Waals surface area (Å²) in [5, 5.41) is 14.3. The van der Waals surface area contributed by atoms with Crippen molar-refractivity contribution in [2.24, 2.45) is 0 Å². The van der Waals surface area contributed by atoms with Crippen LogP contribution in [0.25, 0.3) is 0 Å². The number of hydrogen-bond donors (Lipinski definition) is 2. The Kier molecular flexibility index (Phi) is 6.12. The first kappa shape index (κ1) is 21.2. The lowest BCUT2D eigenvalue weighted by Gasteiger charge is -2.19. The van der Waals surface area contributed by atoms with Gasteiger partial charge in [0.05, 0.1) is 4.90 Å². The van der Waals surface area contributed by atoms with Gasteiger partial charge in [0.25, 0.3) is 0 Å². The number of thiophene rings is 2. The zero-order valence-corrected chi connectivity index (χ0v) is 19.1. The van der Waals surface area contributed by atoms with Crippen LogP contribution < -0.4 is 4.72 Å². The second kappa shape index (κ2) is 8.08. The number of aliphatic hydroxyl groups is 1. The van der Waals surface area contributed by atoms with Crippen molar-refractivity contribution >= 4 is 32.7 Å². The molecule has 7 heteroatoms. The van der Waals surface area contributed by atoms with Crippen molar-refractivity contribution in [3.8, 4) is 0 Å². The highest BCUT2D eigenvalue weighted by atomic mass is 32.2. The molecule has 1 unspecified atom stereocenters. The van der Waals surface area contributed by atoms with Crippen molar-refractivity contribution in [1.82, 2.24) is 4.72 Å². The molecule has 0 spiro atoms. The van der Waals surface area contributed by atoms with Gasteiger partial charge in [-0.1, -0.05) is 0 Å². The van der Waals surface area contributed by atoms with Gasteiger partial charge >= 0.3 is 0 Å². The van der Waals surface area contributed by atoms with Gasteiger partial charge in [0.15, 0.2) is 0 Å². The Bertz CT molecular complexity index is 1070. The van der Waals surface area contributed by atoms with E-state index in [9.17, 15) is 13.5 Å². The van der Waals surface area contributed by atoms with Gasteiger partial charge in [0, 0.05) is 16.3 Å². The molecule has 0 bridgehead atoms. The molecule has 4 nitrogen and oxygen atoms in total. The van der Waals surface area contributed by atoms with Gasteiger partial charge in [0.1, 0.15) is 6.10 Å². The first-order chi connectivity index (χ1) is 13.1. The fourth-order valence-corrected chi connectivity index (χ4v) is 6.68. The molecule has 0 amide bonds. The Hall–Kier alpha value is -1.51. The molecule has 0 aliphatic heterocycles. The second-order valence-electron chi connectivity index (χ2n) is 7.04. The topological polar surface area (TPSA) is 66.4 Å². The van der Waals surface area contributed by atoms with E-state index in [2.05, 4.69) is 4.72 Å². The average Bonchev–Trinajstić information content (AvgIpc) is 3.34. The monoisotopic (exact) mass is 435 g/mol. The van der Waals surface area contributed by atoms with Gasteiger partial charge in [0.2, 0.25) is 10.0 Å². The molecule has 0 radical (unpaired) electrons. The van der Waals surface area contributed by atoms with Crippen LogP contribution in [0.5, 0.6) is 0 Å². The van der Waals surface area contributed by atoms with E-state index in [4.69, 9.17) is 0 Å². The van der Waals surface area contributed by atoms with Crippen molar-refractivity contribution in [2.75, 3.05) is 0 Å². The van der Waals surface area contributed by atoms with E-state index < -0.39 is 16.1 Å². The molecule has 3 aromatic rings. The molecule has 2 aromatic heterocycles. The van der Waals surface area contributed by atoms with Crippen LogP contribution in [0.1, 0.15) is 49.2 Å². The van der Waals surface area contributed by atoms with Crippen LogP contribution in [0, 0.1) is 34.6 Å². The summed E-state index contributed by atoms with van der Waals surface area (Å²) in [5.74, 6) is 0. The molecule has 1 atom stereocenters. The zero-order valence-electron chi connectivity index (χ0n) is 16.7. The van der Waals surface area contributed by atoms with Gasteiger partial charge in [-0.05, 0) is 97.0 Å². The van der Waals surface area contributed by atoms with Crippen LogP contribution in [0.4, 0.5) is 0 Å². The van der Waals surface area contributed by atoms with Gasteiger partial charge in [-0.2, -0.15) is 11.3 Å². The molecule has 3 rings (SSSR count). The molecule has 0 saturated carbocycles. The van der Waals surface area contributed by atoms with E-state index in [1.165, 1.54) is 22.7 Å². The van der Waals surface area contributed by atoms with Crippen LogP contribution in [-0.4, -0.2) is 13.5 Å². The van der Waals surface area contributed by atoms with Crippen LogP contribution in [0.3, 0.4) is 0 Å². The third kappa shape index (κ3) is 3.95. The first-order valence-electron chi connectivity index (χ1n) is 8.99. The molecule has 2 N–H and O–H groups in total. The summed E-state index contributed by atoms with van der Waals surface area (Å²) in [6, 6.07) is 5.61. The summed E-state index contributed by atoms with van der Waals surface area (Å²) in [6.07, 6.45) is -0.673. The van der Waals surface area contributed by atoms with E-state index >= 15 is 0 Å². The summed E-state index contributed by atoms with van der Waals surface area (Å²) in [5.41, 5.74) is 5.62. The third-order valence-corrected chi connectivity index (χ3v) is 8.96. The zero-order chi connectivity index (χ0) is 20.6. The molecule has 0 fully saturated rings. The maximum Gasteiger partial charge on any atom is 0.241 e. The van der Waals surface area contributed by atoms with Gasteiger partial charge in [-0.3, -0.25) is 0 Å². The van der Waals surface area contributed by atoms with Crippen LogP contribution >= 0.6 is 22.7 Å². The standard InChI is InChI=1S/C21H25NO3S3/c1-12-13(2)15(4)21(16(5)14(12)3)28(24,25)22-10-18-6-7-19(27-18)20(23)17-8-9-26-11-17/h6-9,11,20,22-23H,10H2,1-5H3. The summed E-state index contributed by atoms with van der Waals surface area (Å²) in [4.78, 5) is 2.05. The van der Waals surface area contributed by atoms with Crippen molar-refractivity contribution in [3.05, 3.63) is 72.1 Å². The van der Waals surface area contributed by atoms with E-state index in [-0.39, 0.29) is 6.54 Å². The number of rotatable bonds is 6. The number of benzene rings is 1. The SMILES string of the molecule is Cc1c(C)c(C)c(S(=O)(=O)NCc2ccc(C(O)c3ccsc3)s2)c(C)c1C. The third-order valence-electron chi connectivity index (χ3n) is 5.45. The quantitative estimate of drug-likeness (QED) is 0.578. The minimum absolute atomic E-state index is 0.203. The molecule has 28 heavy (non-hydrogen) atoms. The maximum absolute atomic E-state index is 13.0. The van der Waals surface area contributed by atoms with Gasteiger partial charge in [-0.25, -0.2) is 13.1 Å². The molecule has 0 saturated heterocycles. The van der Waals surface area contributed by atoms with E-state index in [0.717, 1.165) is 43.1 Å². The Balaban J connectivity index is 1.82. The number of aliphatic hydroxyl groups excluding tert-OH is 1. The number of hydrogen-bond acceptors (Lipinski definition) is 5. The number of sulfonamides is 1. The smallest absolute Gasteiger partial charge is 0.241 e. The predicted molar refractivity (Wildman–Crippen MR) is 117 cm³/mol. The normalized spacial score (nSPS) is 13.1. The summed E-state index contributed by atoms with van der Waals surface area (Å²) in [6.45, 7) is 9.89. The van der Waals surface area contributed by atoms with Crippen molar-refractivity contribution in [1.29, 1.82) is 0 Å². The summed E-state index contributed by atoms with van der Waals surface area (Å²) >= 11 is 2.96. The fourth-order valence-electron chi connectivity index (χ4n) is 3.34. The highest BCUT2D eigenvalue weighted by Gasteiger charge is 2.24. The Morgan fingerprint density at radius 3 is 2.14 bits per heavy atom. The summed E-state index contributed by atoms with van der Waals surface area (Å²) < 4.78 is 28.8. The van der Waals surface area contributed by atoms with Crippen LogP contribution in [-0.2, 0) is 16.6 Å². The molecule has 150 valence electrons. The van der Waals surface area contributed by atoms with Crippen LogP contribution in [0.15, 0.2) is 33.9 Å². The molecule has 2 heterocycles. The van der Waals surface area contributed by atoms with Crippen molar-refractivity contribution in [3.63, 3.8) is 0 Å². The second-order valence-corrected chi connectivity index (χ2v) is 10.7. The van der Waals surface area contributed by atoms with Crippen molar-refractivity contribution in [2.45, 2.75) is 52.2 Å². The summed E-state index contributed by atoms with van der Waals surface area (Å²) in [7, 11) is -3.64. The van der Waals surface area contributed by atoms with E-state index in [0.29, 0.717) is 4.90 Å². The highest BCUT2D eigenvalue weighted by molar-refractivity contribution is 7.89. The molecule has 0 aliphatic rings. The highest BCUT2D eigenvalue weighted by Crippen LogP contribution is 2.31. The minimum atomic E-state index is -3.64.